The zero-order chi connectivity index (χ0) is 21.3. The number of thioether (sulfide) groups is 1. The van der Waals surface area contributed by atoms with Crippen molar-refractivity contribution in [1.82, 2.24) is 14.0 Å². The molecule has 3 aromatic rings. The number of aromatic nitrogens is 2. The van der Waals surface area contributed by atoms with E-state index in [9.17, 15) is 18.0 Å². The Balaban J connectivity index is 1.37. The van der Waals surface area contributed by atoms with Crippen LogP contribution < -0.4 is 10.6 Å². The fraction of sp³-hybridized carbons (Fsp3) is 0.381. The minimum absolute atomic E-state index is 0.0196. The quantitative estimate of drug-likeness (QED) is 0.570. The van der Waals surface area contributed by atoms with Gasteiger partial charge in [-0.25, -0.2) is 4.79 Å². The molecule has 5 nitrogen and oxygen atoms in total. The second-order valence-electron chi connectivity index (χ2n) is 7.36. The van der Waals surface area contributed by atoms with Gasteiger partial charge < -0.3 is 4.90 Å². The van der Waals surface area contributed by atoms with Gasteiger partial charge in [0.15, 0.2) is 0 Å². The maximum atomic E-state index is 12.6. The Kier molecular flexibility index (Phi) is 5.84. The third kappa shape index (κ3) is 4.52. The van der Waals surface area contributed by atoms with Crippen molar-refractivity contribution in [3.8, 4) is 0 Å². The molecule has 0 atom stereocenters. The standard InChI is InChI=1S/C21H23F3N4OS/c1-25-18-7-2-3-8-19(18)28(20(25)29)14-11-26-9-12-27(13-10-26)16-5-4-6-17(15-16)30-21(22,23)24/h2-8,15H,9-14H2,1H3. The first-order valence-corrected chi connectivity index (χ1v) is 10.6. The van der Waals surface area contributed by atoms with Gasteiger partial charge >= 0.3 is 11.2 Å². The molecule has 1 saturated heterocycles. The van der Waals surface area contributed by atoms with E-state index in [0.717, 1.165) is 49.4 Å². The van der Waals surface area contributed by atoms with Gasteiger partial charge in [0.1, 0.15) is 0 Å². The molecule has 1 aliphatic heterocycles. The normalized spacial score (nSPS) is 15.8. The molecular formula is C21H23F3N4OS. The number of fused-ring (bicyclic) bond motifs is 1. The van der Waals surface area contributed by atoms with Crippen LogP contribution in [0.3, 0.4) is 0 Å². The van der Waals surface area contributed by atoms with Gasteiger partial charge in [0.2, 0.25) is 0 Å². The summed E-state index contributed by atoms with van der Waals surface area (Å²) in [6, 6.07) is 14.4. The molecule has 160 valence electrons. The van der Waals surface area contributed by atoms with E-state index in [4.69, 9.17) is 0 Å². The van der Waals surface area contributed by atoms with Gasteiger partial charge in [0.05, 0.1) is 11.0 Å². The molecule has 0 saturated carbocycles. The Morgan fingerprint density at radius 2 is 1.63 bits per heavy atom. The van der Waals surface area contributed by atoms with E-state index < -0.39 is 5.51 Å². The number of para-hydroxylation sites is 2. The van der Waals surface area contributed by atoms with Gasteiger partial charge in [-0.2, -0.15) is 13.2 Å². The number of nitrogens with zero attached hydrogens (tertiary/aromatic N) is 4. The summed E-state index contributed by atoms with van der Waals surface area (Å²) in [7, 11) is 1.78. The number of halogens is 3. The van der Waals surface area contributed by atoms with Crippen molar-refractivity contribution in [1.29, 1.82) is 0 Å². The lowest BCUT2D eigenvalue weighted by Crippen LogP contribution is -2.47. The van der Waals surface area contributed by atoms with E-state index in [0.29, 0.717) is 6.54 Å². The molecule has 30 heavy (non-hydrogen) atoms. The summed E-state index contributed by atoms with van der Waals surface area (Å²) in [5.74, 6) is 0. The average Bonchev–Trinajstić information content (AvgIpc) is 2.96. The van der Waals surface area contributed by atoms with E-state index in [-0.39, 0.29) is 22.3 Å². The minimum atomic E-state index is -4.28. The largest absolute Gasteiger partial charge is 0.446 e. The molecule has 1 aromatic heterocycles. The molecule has 0 radical (unpaired) electrons. The molecule has 9 heteroatoms. The first kappa shape index (κ1) is 20.9. The second-order valence-corrected chi connectivity index (χ2v) is 8.49. The molecule has 0 N–H and O–H groups in total. The van der Waals surface area contributed by atoms with Crippen LogP contribution in [-0.2, 0) is 13.6 Å². The van der Waals surface area contributed by atoms with E-state index in [1.165, 1.54) is 6.07 Å². The monoisotopic (exact) mass is 436 g/mol. The molecule has 0 unspecified atom stereocenters. The SMILES string of the molecule is Cn1c(=O)n(CCN2CCN(c3cccc(SC(F)(F)F)c3)CC2)c2ccccc21. The zero-order valence-electron chi connectivity index (χ0n) is 16.6. The van der Waals surface area contributed by atoms with Crippen LogP contribution >= 0.6 is 11.8 Å². The van der Waals surface area contributed by atoms with Crippen LogP contribution in [0.5, 0.6) is 0 Å². The summed E-state index contributed by atoms with van der Waals surface area (Å²) in [6.45, 7) is 4.45. The zero-order valence-corrected chi connectivity index (χ0v) is 17.4. The van der Waals surface area contributed by atoms with Crippen LogP contribution in [0, 0.1) is 0 Å². The molecule has 2 aromatic carbocycles. The highest BCUT2D eigenvalue weighted by Gasteiger charge is 2.29. The Morgan fingerprint density at radius 1 is 0.933 bits per heavy atom. The summed E-state index contributed by atoms with van der Waals surface area (Å²) in [5.41, 5.74) is -1.63. The van der Waals surface area contributed by atoms with Crippen LogP contribution in [0.15, 0.2) is 58.2 Å². The summed E-state index contributed by atoms with van der Waals surface area (Å²) in [6.07, 6.45) is 0. The number of hydrogen-bond acceptors (Lipinski definition) is 4. The van der Waals surface area contributed by atoms with Crippen molar-refractivity contribution in [2.24, 2.45) is 7.05 Å². The third-order valence-electron chi connectivity index (χ3n) is 5.48. The van der Waals surface area contributed by atoms with Crippen LogP contribution in [0.2, 0.25) is 0 Å². The molecule has 0 spiro atoms. The van der Waals surface area contributed by atoms with Gasteiger partial charge in [0.25, 0.3) is 0 Å². The van der Waals surface area contributed by atoms with E-state index in [2.05, 4.69) is 9.80 Å². The third-order valence-corrected chi connectivity index (χ3v) is 6.20. The van der Waals surface area contributed by atoms with Crippen molar-refractivity contribution >= 4 is 28.5 Å². The number of hydrogen-bond donors (Lipinski definition) is 0. The number of rotatable bonds is 5. The lowest BCUT2D eigenvalue weighted by atomic mass is 10.2. The highest BCUT2D eigenvalue weighted by atomic mass is 32.2. The fourth-order valence-electron chi connectivity index (χ4n) is 3.93. The predicted octanol–water partition coefficient (Wildman–Crippen LogP) is 3.77. The van der Waals surface area contributed by atoms with Gasteiger partial charge in [-0.15, -0.1) is 0 Å². The molecular weight excluding hydrogens is 413 g/mol. The molecule has 0 amide bonds. The first-order valence-electron chi connectivity index (χ1n) is 9.79. The number of aryl methyl sites for hydroxylation is 1. The summed E-state index contributed by atoms with van der Waals surface area (Å²) in [5, 5.41) is 0. The minimum Gasteiger partial charge on any atom is -0.369 e. The molecule has 0 bridgehead atoms. The van der Waals surface area contributed by atoms with Gasteiger partial charge in [-0.05, 0) is 42.1 Å². The average molecular weight is 437 g/mol. The fourth-order valence-corrected chi connectivity index (χ4v) is 4.52. The van der Waals surface area contributed by atoms with Crippen LogP contribution in [0.4, 0.5) is 18.9 Å². The lowest BCUT2D eigenvalue weighted by Gasteiger charge is -2.36. The van der Waals surface area contributed by atoms with Crippen molar-refractivity contribution in [2.75, 3.05) is 37.6 Å². The topological polar surface area (TPSA) is 33.4 Å². The summed E-state index contributed by atoms with van der Waals surface area (Å²) >= 11 is -0.0820. The number of piperazine rings is 1. The molecule has 0 aliphatic carbocycles. The molecule has 4 rings (SSSR count). The van der Waals surface area contributed by atoms with Crippen molar-refractivity contribution in [3.05, 3.63) is 59.0 Å². The Labute approximate surface area is 176 Å². The van der Waals surface area contributed by atoms with Crippen molar-refractivity contribution in [2.45, 2.75) is 16.9 Å². The van der Waals surface area contributed by atoms with E-state index in [1.54, 1.807) is 28.3 Å². The maximum Gasteiger partial charge on any atom is 0.446 e. The number of alkyl halides is 3. The van der Waals surface area contributed by atoms with Gasteiger partial charge in [0, 0.05) is 56.9 Å². The van der Waals surface area contributed by atoms with Crippen LogP contribution in [0.1, 0.15) is 0 Å². The van der Waals surface area contributed by atoms with Gasteiger partial charge in [-0.3, -0.25) is 14.0 Å². The first-order chi connectivity index (χ1) is 14.3. The second kappa shape index (κ2) is 8.39. The Morgan fingerprint density at radius 3 is 2.33 bits per heavy atom. The van der Waals surface area contributed by atoms with E-state index in [1.807, 2.05) is 30.3 Å². The number of anilines is 1. The van der Waals surface area contributed by atoms with Crippen LogP contribution in [0.25, 0.3) is 11.0 Å². The molecule has 2 heterocycles. The Bertz CT molecular complexity index is 1080. The maximum absolute atomic E-state index is 12.6. The predicted molar refractivity (Wildman–Crippen MR) is 114 cm³/mol. The number of imidazole rings is 1. The smallest absolute Gasteiger partial charge is 0.369 e. The van der Waals surface area contributed by atoms with Gasteiger partial charge in [-0.1, -0.05) is 18.2 Å². The lowest BCUT2D eigenvalue weighted by molar-refractivity contribution is -0.0328. The summed E-state index contributed by atoms with van der Waals surface area (Å²) < 4.78 is 41.4. The van der Waals surface area contributed by atoms with E-state index >= 15 is 0 Å². The Hall–Kier alpha value is -2.39. The van der Waals surface area contributed by atoms with Crippen LogP contribution in [-0.4, -0.2) is 52.3 Å². The van der Waals surface area contributed by atoms with Crippen molar-refractivity contribution < 1.29 is 13.2 Å². The van der Waals surface area contributed by atoms with Crippen molar-refractivity contribution in [3.63, 3.8) is 0 Å². The summed E-state index contributed by atoms with van der Waals surface area (Å²) in [4.78, 5) is 17.2. The molecule has 1 fully saturated rings. The highest BCUT2D eigenvalue weighted by molar-refractivity contribution is 8.00. The molecule has 1 aliphatic rings. The number of benzene rings is 2. The highest BCUT2D eigenvalue weighted by Crippen LogP contribution is 2.38.